The minimum Gasteiger partial charge on any atom is -0.497 e. The van der Waals surface area contributed by atoms with Gasteiger partial charge in [-0.05, 0) is 64.0 Å². The van der Waals surface area contributed by atoms with Gasteiger partial charge in [-0.1, -0.05) is 12.1 Å². The van der Waals surface area contributed by atoms with Crippen LogP contribution in [0.1, 0.15) is 11.3 Å². The van der Waals surface area contributed by atoms with Crippen LogP contribution in [0.2, 0.25) is 0 Å². The van der Waals surface area contributed by atoms with Gasteiger partial charge in [0.1, 0.15) is 10.4 Å². The Morgan fingerprint density at radius 2 is 1.95 bits per heavy atom. The molecule has 0 radical (unpaired) electrons. The average Bonchev–Trinajstić information content (AvgIpc) is 2.52. The predicted molar refractivity (Wildman–Crippen MR) is 89.2 cm³/mol. The number of nitrogens with zero attached hydrogens (tertiary/aromatic N) is 2. The van der Waals surface area contributed by atoms with Crippen molar-refractivity contribution in [2.45, 2.75) is 0 Å². The number of fused-ring (bicyclic) bond motifs is 1. The first kappa shape index (κ1) is 13.8. The van der Waals surface area contributed by atoms with E-state index in [4.69, 9.17) is 4.74 Å². The van der Waals surface area contributed by atoms with Gasteiger partial charge in [0.05, 0.1) is 18.3 Å². The lowest BCUT2D eigenvalue weighted by Crippen LogP contribution is -1.86. The summed E-state index contributed by atoms with van der Waals surface area (Å²) < 4.78 is 6.04. The minimum atomic E-state index is 0.822. The molecule has 0 aliphatic heterocycles. The monoisotopic (exact) mass is 340 g/mol. The second-order valence-corrected chi connectivity index (χ2v) is 5.35. The molecule has 0 fully saturated rings. The number of benzene rings is 1. The molecule has 4 heteroatoms. The molecule has 0 spiro atoms. The number of methoxy groups -OCH3 is 1. The Bertz CT molecular complexity index is 815. The summed E-state index contributed by atoms with van der Waals surface area (Å²) in [6, 6.07) is 13.8. The van der Waals surface area contributed by atoms with Crippen LogP contribution in [0.25, 0.3) is 23.1 Å². The fraction of sp³-hybridized carbons (Fsp3) is 0.0588. The van der Waals surface area contributed by atoms with Crippen LogP contribution in [0.4, 0.5) is 0 Å². The van der Waals surface area contributed by atoms with Crippen molar-refractivity contribution in [2.75, 3.05) is 7.11 Å². The normalized spacial score (nSPS) is 11.1. The van der Waals surface area contributed by atoms with Crippen LogP contribution in [0, 0.1) is 0 Å². The second-order valence-electron chi connectivity index (χ2n) is 4.54. The SMILES string of the molecule is COc1ccc2nc(/C=C/c3ccnc(Br)c3)ccc2c1. The van der Waals surface area contributed by atoms with Crippen molar-refractivity contribution in [3.05, 3.63) is 64.5 Å². The first-order valence-corrected chi connectivity index (χ1v) is 7.28. The number of hydrogen-bond donors (Lipinski definition) is 0. The van der Waals surface area contributed by atoms with Crippen LogP contribution in [0.5, 0.6) is 5.75 Å². The lowest BCUT2D eigenvalue weighted by Gasteiger charge is -2.02. The van der Waals surface area contributed by atoms with Gasteiger partial charge in [0, 0.05) is 11.6 Å². The quantitative estimate of drug-likeness (QED) is 0.655. The van der Waals surface area contributed by atoms with Crippen LogP contribution in [-0.4, -0.2) is 17.1 Å². The highest BCUT2D eigenvalue weighted by molar-refractivity contribution is 9.10. The lowest BCUT2D eigenvalue weighted by molar-refractivity contribution is 0.415. The van der Waals surface area contributed by atoms with Crippen LogP contribution in [-0.2, 0) is 0 Å². The maximum atomic E-state index is 5.22. The Labute approximate surface area is 131 Å². The Morgan fingerprint density at radius 1 is 1.05 bits per heavy atom. The highest BCUT2D eigenvalue weighted by Crippen LogP contribution is 2.20. The first-order chi connectivity index (χ1) is 10.2. The van der Waals surface area contributed by atoms with Crippen LogP contribution in [0.15, 0.2) is 53.3 Å². The molecule has 21 heavy (non-hydrogen) atoms. The Morgan fingerprint density at radius 3 is 2.76 bits per heavy atom. The fourth-order valence-electron chi connectivity index (χ4n) is 2.04. The van der Waals surface area contributed by atoms with Crippen molar-refractivity contribution in [1.82, 2.24) is 9.97 Å². The third-order valence-electron chi connectivity index (χ3n) is 3.12. The van der Waals surface area contributed by atoms with E-state index in [-0.39, 0.29) is 0 Å². The molecule has 2 heterocycles. The molecule has 0 bridgehead atoms. The number of pyridine rings is 2. The number of hydrogen-bond acceptors (Lipinski definition) is 3. The summed E-state index contributed by atoms with van der Waals surface area (Å²) in [5, 5.41) is 1.07. The third kappa shape index (κ3) is 3.28. The van der Waals surface area contributed by atoms with Gasteiger partial charge in [0.15, 0.2) is 0 Å². The molecular formula is C17H13BrN2O. The molecule has 3 nitrogen and oxygen atoms in total. The standard InChI is InChI=1S/C17H13BrN2O/c1-21-15-6-7-16-13(11-15)3-5-14(20-16)4-2-12-8-9-19-17(18)10-12/h2-11H,1H3/b4-2+. The van der Waals surface area contributed by atoms with Gasteiger partial charge in [0.25, 0.3) is 0 Å². The number of aromatic nitrogens is 2. The van der Waals surface area contributed by atoms with Crippen LogP contribution in [0.3, 0.4) is 0 Å². The Hall–Kier alpha value is -2.20. The average molecular weight is 341 g/mol. The molecule has 1 aromatic carbocycles. The van der Waals surface area contributed by atoms with E-state index in [1.807, 2.05) is 54.6 Å². The van der Waals surface area contributed by atoms with E-state index in [2.05, 4.69) is 25.9 Å². The van der Waals surface area contributed by atoms with Gasteiger partial charge in [-0.15, -0.1) is 0 Å². The van der Waals surface area contributed by atoms with Gasteiger partial charge in [-0.3, -0.25) is 0 Å². The highest BCUT2D eigenvalue weighted by Gasteiger charge is 1.98. The van der Waals surface area contributed by atoms with Gasteiger partial charge in [-0.2, -0.15) is 0 Å². The first-order valence-electron chi connectivity index (χ1n) is 6.49. The van der Waals surface area contributed by atoms with Crippen molar-refractivity contribution >= 4 is 39.0 Å². The van der Waals surface area contributed by atoms with Gasteiger partial charge < -0.3 is 4.74 Å². The Balaban J connectivity index is 1.91. The van der Waals surface area contributed by atoms with E-state index in [0.29, 0.717) is 0 Å². The molecule has 0 aliphatic carbocycles. The zero-order chi connectivity index (χ0) is 14.7. The molecule has 0 N–H and O–H groups in total. The molecule has 0 amide bonds. The molecule has 3 rings (SSSR count). The van der Waals surface area contributed by atoms with Crippen molar-refractivity contribution in [2.24, 2.45) is 0 Å². The predicted octanol–water partition coefficient (Wildman–Crippen LogP) is 4.57. The summed E-state index contributed by atoms with van der Waals surface area (Å²) >= 11 is 3.36. The molecule has 0 saturated carbocycles. The van der Waals surface area contributed by atoms with E-state index in [9.17, 15) is 0 Å². The molecule has 0 atom stereocenters. The Kier molecular flexibility index (Phi) is 3.97. The van der Waals surface area contributed by atoms with Gasteiger partial charge in [0.2, 0.25) is 0 Å². The zero-order valence-electron chi connectivity index (χ0n) is 11.5. The van der Waals surface area contributed by atoms with Crippen molar-refractivity contribution in [3.8, 4) is 5.75 Å². The minimum absolute atomic E-state index is 0.822. The molecule has 0 unspecified atom stereocenters. The second kappa shape index (κ2) is 6.06. The van der Waals surface area contributed by atoms with E-state index in [1.165, 1.54) is 0 Å². The highest BCUT2D eigenvalue weighted by atomic mass is 79.9. The van der Waals surface area contributed by atoms with Crippen molar-refractivity contribution < 1.29 is 4.74 Å². The molecule has 2 aromatic heterocycles. The van der Waals surface area contributed by atoms with Crippen LogP contribution < -0.4 is 4.74 Å². The number of halogens is 1. The van der Waals surface area contributed by atoms with Crippen molar-refractivity contribution in [1.29, 1.82) is 0 Å². The molecule has 104 valence electrons. The summed E-state index contributed by atoms with van der Waals surface area (Å²) in [6.07, 6.45) is 5.78. The summed E-state index contributed by atoms with van der Waals surface area (Å²) in [6.45, 7) is 0. The number of ether oxygens (including phenoxy) is 1. The number of rotatable bonds is 3. The molecular weight excluding hydrogens is 328 g/mol. The topological polar surface area (TPSA) is 35.0 Å². The maximum Gasteiger partial charge on any atom is 0.119 e. The molecule has 0 aliphatic rings. The zero-order valence-corrected chi connectivity index (χ0v) is 13.0. The third-order valence-corrected chi connectivity index (χ3v) is 3.55. The van der Waals surface area contributed by atoms with E-state index < -0.39 is 0 Å². The summed E-state index contributed by atoms with van der Waals surface area (Å²) in [7, 11) is 1.67. The molecule has 0 saturated heterocycles. The smallest absolute Gasteiger partial charge is 0.119 e. The summed E-state index contributed by atoms with van der Waals surface area (Å²) in [4.78, 5) is 8.73. The van der Waals surface area contributed by atoms with E-state index in [1.54, 1.807) is 13.3 Å². The maximum absolute atomic E-state index is 5.22. The van der Waals surface area contributed by atoms with E-state index in [0.717, 1.165) is 32.5 Å². The van der Waals surface area contributed by atoms with Crippen LogP contribution >= 0.6 is 15.9 Å². The fourth-order valence-corrected chi connectivity index (χ4v) is 2.42. The summed E-state index contributed by atoms with van der Waals surface area (Å²) in [5.41, 5.74) is 2.95. The lowest BCUT2D eigenvalue weighted by atomic mass is 10.1. The van der Waals surface area contributed by atoms with Crippen molar-refractivity contribution in [3.63, 3.8) is 0 Å². The van der Waals surface area contributed by atoms with Gasteiger partial charge in [-0.25, -0.2) is 9.97 Å². The van der Waals surface area contributed by atoms with E-state index >= 15 is 0 Å². The summed E-state index contributed by atoms with van der Waals surface area (Å²) in [5.74, 6) is 0.842. The molecule has 3 aromatic rings. The largest absolute Gasteiger partial charge is 0.497 e. The van der Waals surface area contributed by atoms with Gasteiger partial charge >= 0.3 is 0 Å².